The highest BCUT2D eigenvalue weighted by Gasteiger charge is 2.26. The lowest BCUT2D eigenvalue weighted by Gasteiger charge is -2.16. The predicted octanol–water partition coefficient (Wildman–Crippen LogP) is 2.75. The van der Waals surface area contributed by atoms with Gasteiger partial charge in [0.2, 0.25) is 0 Å². The van der Waals surface area contributed by atoms with E-state index in [4.69, 9.17) is 9.05 Å². The summed E-state index contributed by atoms with van der Waals surface area (Å²) < 4.78 is 22.1. The summed E-state index contributed by atoms with van der Waals surface area (Å²) in [5.41, 5.74) is 0. The predicted molar refractivity (Wildman–Crippen MR) is 55.3 cm³/mol. The number of rotatable bonds is 6. The summed E-state index contributed by atoms with van der Waals surface area (Å²) in [4.78, 5) is 10.8. The van der Waals surface area contributed by atoms with Crippen LogP contribution in [-0.4, -0.2) is 19.0 Å². The molecule has 0 fully saturated rings. The summed E-state index contributed by atoms with van der Waals surface area (Å²) in [5.74, 6) is -0.165. The maximum Gasteiger partial charge on any atom is 0.357 e. The molecular formula is C9H17O4P. The third kappa shape index (κ3) is 4.18. The zero-order valence-electron chi connectivity index (χ0n) is 9.07. The molecule has 82 valence electrons. The minimum Gasteiger partial charge on any atom is -0.306 e. The minimum absolute atomic E-state index is 0.165. The molecular weight excluding hydrogens is 203 g/mol. The van der Waals surface area contributed by atoms with E-state index in [1.54, 1.807) is 20.8 Å². The first-order valence-corrected chi connectivity index (χ1v) is 6.09. The van der Waals surface area contributed by atoms with Crippen LogP contribution in [0.4, 0.5) is 0 Å². The summed E-state index contributed by atoms with van der Waals surface area (Å²) >= 11 is 0. The summed E-state index contributed by atoms with van der Waals surface area (Å²) in [6.07, 6.45) is 1.28. The zero-order valence-corrected chi connectivity index (χ0v) is 9.97. The van der Waals surface area contributed by atoms with Gasteiger partial charge in [0, 0.05) is 5.31 Å². The van der Waals surface area contributed by atoms with Crippen LogP contribution in [0.15, 0.2) is 11.4 Å². The van der Waals surface area contributed by atoms with Gasteiger partial charge in [0.05, 0.1) is 13.2 Å². The standard InChI is InChI=1S/C9H17O4P/c1-5-12-14(11,13-6-2)9(4)7-8(3)10/h7H,5-6H2,1-4H3/b9-7-. The van der Waals surface area contributed by atoms with Gasteiger partial charge in [-0.25, -0.2) is 0 Å². The van der Waals surface area contributed by atoms with Crippen molar-refractivity contribution >= 4 is 13.4 Å². The second kappa shape index (κ2) is 6.12. The minimum atomic E-state index is -3.22. The van der Waals surface area contributed by atoms with Crippen LogP contribution in [-0.2, 0) is 18.4 Å². The van der Waals surface area contributed by atoms with Crippen LogP contribution in [0.25, 0.3) is 0 Å². The molecule has 0 unspecified atom stereocenters. The lowest BCUT2D eigenvalue weighted by atomic mass is 10.4. The molecule has 0 aromatic carbocycles. The molecule has 0 aliphatic rings. The molecule has 0 aliphatic heterocycles. The van der Waals surface area contributed by atoms with Crippen LogP contribution in [0, 0.1) is 0 Å². The number of hydrogen-bond donors (Lipinski definition) is 0. The molecule has 4 nitrogen and oxygen atoms in total. The molecule has 0 radical (unpaired) electrons. The van der Waals surface area contributed by atoms with Gasteiger partial charge in [-0.3, -0.25) is 9.36 Å². The van der Waals surface area contributed by atoms with Gasteiger partial charge in [-0.15, -0.1) is 0 Å². The van der Waals surface area contributed by atoms with E-state index in [0.717, 1.165) is 0 Å². The quantitative estimate of drug-likeness (QED) is 0.510. The van der Waals surface area contributed by atoms with Gasteiger partial charge in [0.1, 0.15) is 0 Å². The van der Waals surface area contributed by atoms with E-state index in [9.17, 15) is 9.36 Å². The van der Waals surface area contributed by atoms with Crippen molar-refractivity contribution in [1.29, 1.82) is 0 Å². The van der Waals surface area contributed by atoms with Crippen molar-refractivity contribution in [2.24, 2.45) is 0 Å². The maximum absolute atomic E-state index is 12.0. The molecule has 0 bridgehead atoms. The molecule has 0 atom stereocenters. The Morgan fingerprint density at radius 3 is 1.93 bits per heavy atom. The molecule has 0 saturated heterocycles. The molecule has 0 aromatic heterocycles. The van der Waals surface area contributed by atoms with Gasteiger partial charge >= 0.3 is 7.60 Å². The topological polar surface area (TPSA) is 52.6 Å². The van der Waals surface area contributed by atoms with Crippen molar-refractivity contribution in [2.45, 2.75) is 27.7 Å². The second-order valence-electron chi connectivity index (χ2n) is 2.73. The number of ketones is 1. The molecule has 0 amide bonds. The Hall–Kier alpha value is -0.440. The molecule has 0 spiro atoms. The fraction of sp³-hybridized carbons (Fsp3) is 0.667. The zero-order chi connectivity index (χ0) is 11.2. The molecule has 0 aromatic rings. The Kier molecular flexibility index (Phi) is 5.93. The van der Waals surface area contributed by atoms with E-state index in [1.807, 2.05) is 0 Å². The normalized spacial score (nSPS) is 13.0. The largest absolute Gasteiger partial charge is 0.357 e. The van der Waals surface area contributed by atoms with Crippen LogP contribution < -0.4 is 0 Å². The molecule has 0 rings (SSSR count). The molecule has 0 N–H and O–H groups in total. The number of carbonyl (C=O) groups is 1. The van der Waals surface area contributed by atoms with Crippen LogP contribution in [0.1, 0.15) is 27.7 Å². The van der Waals surface area contributed by atoms with Crippen molar-refractivity contribution in [3.63, 3.8) is 0 Å². The van der Waals surface area contributed by atoms with Gasteiger partial charge in [0.15, 0.2) is 5.78 Å². The average molecular weight is 220 g/mol. The molecule has 5 heteroatoms. The third-order valence-corrected chi connectivity index (χ3v) is 3.63. The van der Waals surface area contributed by atoms with Crippen LogP contribution >= 0.6 is 7.60 Å². The fourth-order valence-electron chi connectivity index (χ4n) is 0.954. The molecule has 0 saturated carbocycles. The smallest absolute Gasteiger partial charge is 0.306 e. The van der Waals surface area contributed by atoms with Gasteiger partial charge in [-0.05, 0) is 33.8 Å². The number of carbonyl (C=O) groups excluding carboxylic acids is 1. The maximum atomic E-state index is 12.0. The van der Waals surface area contributed by atoms with Crippen LogP contribution in [0.3, 0.4) is 0 Å². The van der Waals surface area contributed by atoms with E-state index < -0.39 is 7.60 Å². The summed E-state index contributed by atoms with van der Waals surface area (Å²) in [6.45, 7) is 7.01. The first kappa shape index (κ1) is 13.6. The summed E-state index contributed by atoms with van der Waals surface area (Å²) in [7, 11) is -3.22. The van der Waals surface area contributed by atoms with Crippen LogP contribution in [0.5, 0.6) is 0 Å². The highest BCUT2D eigenvalue weighted by atomic mass is 31.2. The van der Waals surface area contributed by atoms with Crippen molar-refractivity contribution in [1.82, 2.24) is 0 Å². The highest BCUT2D eigenvalue weighted by molar-refractivity contribution is 7.58. The molecule has 0 heterocycles. The molecule has 0 aliphatic carbocycles. The SMILES string of the molecule is CCOP(=O)(OCC)/C(C)=C\C(C)=O. The lowest BCUT2D eigenvalue weighted by Crippen LogP contribution is -1.98. The number of allylic oxidation sites excluding steroid dienone is 2. The van der Waals surface area contributed by atoms with E-state index in [-0.39, 0.29) is 5.78 Å². The lowest BCUT2D eigenvalue weighted by molar-refractivity contribution is -0.112. The first-order chi connectivity index (χ1) is 6.46. The van der Waals surface area contributed by atoms with Crippen molar-refractivity contribution < 1.29 is 18.4 Å². The first-order valence-electron chi connectivity index (χ1n) is 4.54. The van der Waals surface area contributed by atoms with E-state index in [2.05, 4.69) is 0 Å². The van der Waals surface area contributed by atoms with Crippen molar-refractivity contribution in [3.8, 4) is 0 Å². The van der Waals surface area contributed by atoms with Gasteiger partial charge in [-0.1, -0.05) is 0 Å². The third-order valence-electron chi connectivity index (χ3n) is 1.44. The number of hydrogen-bond acceptors (Lipinski definition) is 4. The summed E-state index contributed by atoms with van der Waals surface area (Å²) in [5, 5.41) is 0.355. The monoisotopic (exact) mass is 220 g/mol. The Balaban J connectivity index is 4.81. The Morgan fingerprint density at radius 1 is 1.21 bits per heavy atom. The highest BCUT2D eigenvalue weighted by Crippen LogP contribution is 2.55. The second-order valence-corrected chi connectivity index (χ2v) is 4.95. The Morgan fingerprint density at radius 2 is 1.64 bits per heavy atom. The fourth-order valence-corrected chi connectivity index (χ4v) is 2.46. The average Bonchev–Trinajstić information content (AvgIpc) is 2.03. The summed E-state index contributed by atoms with van der Waals surface area (Å²) in [6, 6.07) is 0. The molecule has 14 heavy (non-hydrogen) atoms. The van der Waals surface area contributed by atoms with Crippen molar-refractivity contribution in [2.75, 3.05) is 13.2 Å². The van der Waals surface area contributed by atoms with E-state index in [0.29, 0.717) is 18.5 Å². The van der Waals surface area contributed by atoms with E-state index in [1.165, 1.54) is 13.0 Å². The Labute approximate surface area is 84.8 Å². The Bertz CT molecular complexity index is 260. The van der Waals surface area contributed by atoms with Crippen molar-refractivity contribution in [3.05, 3.63) is 11.4 Å². The van der Waals surface area contributed by atoms with Gasteiger partial charge < -0.3 is 9.05 Å². The van der Waals surface area contributed by atoms with Gasteiger partial charge in [0.25, 0.3) is 0 Å². The van der Waals surface area contributed by atoms with Crippen LogP contribution in [0.2, 0.25) is 0 Å². The van der Waals surface area contributed by atoms with Gasteiger partial charge in [-0.2, -0.15) is 0 Å². The van der Waals surface area contributed by atoms with E-state index >= 15 is 0 Å².